The lowest BCUT2D eigenvalue weighted by Gasteiger charge is -2.21. The Bertz CT molecular complexity index is 564. The van der Waals surface area contributed by atoms with Gasteiger partial charge in [-0.2, -0.15) is 0 Å². The van der Waals surface area contributed by atoms with Crippen molar-refractivity contribution in [3.63, 3.8) is 0 Å². The maximum Gasteiger partial charge on any atom is 0.269 e. The van der Waals surface area contributed by atoms with Crippen molar-refractivity contribution in [2.45, 2.75) is 31.8 Å². The molecule has 0 heterocycles. The number of nitro benzene ring substituents is 1. The summed E-state index contributed by atoms with van der Waals surface area (Å²) in [4.78, 5) is 24.2. The highest BCUT2D eigenvalue weighted by molar-refractivity contribution is 6.31. The molecule has 6 nitrogen and oxygen atoms in total. The molecule has 1 aliphatic carbocycles. The summed E-state index contributed by atoms with van der Waals surface area (Å²) in [5, 5.41) is 11.2. The second-order valence-electron chi connectivity index (χ2n) is 5.50. The van der Waals surface area contributed by atoms with Gasteiger partial charge in [-0.25, -0.2) is 0 Å². The van der Waals surface area contributed by atoms with E-state index in [1.165, 1.54) is 18.2 Å². The quantitative estimate of drug-likeness (QED) is 0.682. The van der Waals surface area contributed by atoms with Gasteiger partial charge in [-0.05, 0) is 30.9 Å². The predicted molar refractivity (Wildman–Crippen MR) is 79.9 cm³/mol. The fourth-order valence-corrected chi connectivity index (χ4v) is 2.86. The molecule has 2 unspecified atom stereocenters. The summed E-state index contributed by atoms with van der Waals surface area (Å²) in [6, 6.07) is 4.34. The maximum absolute atomic E-state index is 12.3. The fraction of sp³-hybridized carbons (Fsp3) is 0.500. The number of halogens is 1. The molecular weight excluding hydrogens is 294 g/mol. The highest BCUT2D eigenvalue weighted by Gasteiger charge is 2.30. The second-order valence-corrected chi connectivity index (χ2v) is 5.90. The lowest BCUT2D eigenvalue weighted by Crippen LogP contribution is -2.32. The molecule has 2 rings (SSSR count). The summed E-state index contributed by atoms with van der Waals surface area (Å²) in [5.74, 6) is -0.0343. The van der Waals surface area contributed by atoms with Gasteiger partial charge in [0, 0.05) is 42.7 Å². The Hall–Kier alpha value is -1.66. The highest BCUT2D eigenvalue weighted by Crippen LogP contribution is 2.28. The van der Waals surface area contributed by atoms with Crippen LogP contribution in [0, 0.1) is 16.0 Å². The Morgan fingerprint density at radius 3 is 2.81 bits per heavy atom. The molecule has 7 heteroatoms. The van der Waals surface area contributed by atoms with Crippen molar-refractivity contribution in [3.8, 4) is 0 Å². The highest BCUT2D eigenvalue weighted by atomic mass is 35.5. The number of hydrogen-bond donors (Lipinski definition) is 1. The van der Waals surface area contributed by atoms with Gasteiger partial charge in [0.15, 0.2) is 0 Å². The van der Waals surface area contributed by atoms with Crippen molar-refractivity contribution in [1.82, 2.24) is 4.90 Å². The summed E-state index contributed by atoms with van der Waals surface area (Å²) in [5.41, 5.74) is 6.37. The van der Waals surface area contributed by atoms with Crippen molar-refractivity contribution in [1.29, 1.82) is 0 Å². The molecule has 0 radical (unpaired) electrons. The summed E-state index contributed by atoms with van der Waals surface area (Å²) in [6.07, 6.45) is 2.36. The van der Waals surface area contributed by atoms with Gasteiger partial charge >= 0.3 is 0 Å². The molecule has 0 spiro atoms. The van der Waals surface area contributed by atoms with Gasteiger partial charge in [-0.1, -0.05) is 11.6 Å². The topological polar surface area (TPSA) is 89.5 Å². The number of non-ortho nitro benzene ring substituents is 1. The molecule has 21 heavy (non-hydrogen) atoms. The van der Waals surface area contributed by atoms with Crippen LogP contribution in [0.5, 0.6) is 0 Å². The molecule has 2 N–H and O–H groups in total. The summed E-state index contributed by atoms with van der Waals surface area (Å²) < 4.78 is 0. The number of amides is 1. The van der Waals surface area contributed by atoms with E-state index in [4.69, 9.17) is 17.3 Å². The van der Waals surface area contributed by atoms with Crippen LogP contribution in [-0.4, -0.2) is 28.8 Å². The number of carbonyl (C=O) groups is 1. The first-order chi connectivity index (χ1) is 9.88. The molecule has 1 saturated carbocycles. The van der Waals surface area contributed by atoms with Gasteiger partial charge in [0.2, 0.25) is 5.91 Å². The molecule has 0 aliphatic heterocycles. The number of benzene rings is 1. The van der Waals surface area contributed by atoms with Crippen molar-refractivity contribution in [2.75, 3.05) is 7.05 Å². The summed E-state index contributed by atoms with van der Waals surface area (Å²) in [6.45, 7) is 0.255. The SMILES string of the molecule is CN(Cc1cc([N+](=O)[O-])ccc1Cl)C(=O)C1CCC(N)C1. The smallest absolute Gasteiger partial charge is 0.269 e. The molecule has 1 aromatic carbocycles. The molecule has 1 aliphatic rings. The molecule has 0 aromatic heterocycles. The van der Waals surface area contributed by atoms with E-state index in [1.807, 2.05) is 0 Å². The van der Waals surface area contributed by atoms with Crippen molar-refractivity contribution in [2.24, 2.45) is 11.7 Å². The van der Waals surface area contributed by atoms with Crippen LogP contribution in [-0.2, 0) is 11.3 Å². The Balaban J connectivity index is 2.08. The van der Waals surface area contributed by atoms with E-state index in [9.17, 15) is 14.9 Å². The molecule has 2 atom stereocenters. The number of rotatable bonds is 4. The standard InChI is InChI=1S/C14H18ClN3O3/c1-17(14(19)9-2-3-11(16)6-9)8-10-7-12(18(20)21)4-5-13(10)15/h4-5,7,9,11H,2-3,6,8,16H2,1H3. The van der Waals surface area contributed by atoms with Crippen molar-refractivity contribution >= 4 is 23.2 Å². The minimum absolute atomic E-state index is 0.0190. The third-order valence-corrected chi connectivity index (χ3v) is 4.22. The number of nitrogens with two attached hydrogens (primary N) is 1. The van der Waals surface area contributed by atoms with Crippen LogP contribution >= 0.6 is 11.6 Å². The van der Waals surface area contributed by atoms with Gasteiger partial charge in [-0.3, -0.25) is 14.9 Å². The first-order valence-corrected chi connectivity index (χ1v) is 7.19. The minimum Gasteiger partial charge on any atom is -0.341 e. The zero-order valence-corrected chi connectivity index (χ0v) is 12.5. The van der Waals surface area contributed by atoms with Gasteiger partial charge in [0.25, 0.3) is 5.69 Å². The Kier molecular flexibility index (Phi) is 4.80. The fourth-order valence-electron chi connectivity index (χ4n) is 2.68. The van der Waals surface area contributed by atoms with Gasteiger partial charge in [0.05, 0.1) is 4.92 Å². The van der Waals surface area contributed by atoms with Crippen molar-refractivity contribution in [3.05, 3.63) is 38.9 Å². The molecule has 1 fully saturated rings. The Morgan fingerprint density at radius 1 is 1.52 bits per heavy atom. The van der Waals surface area contributed by atoms with Crippen LogP contribution in [0.2, 0.25) is 5.02 Å². The van der Waals surface area contributed by atoms with Gasteiger partial charge < -0.3 is 10.6 Å². The zero-order valence-electron chi connectivity index (χ0n) is 11.8. The van der Waals surface area contributed by atoms with Crippen LogP contribution in [0.25, 0.3) is 0 Å². The van der Waals surface area contributed by atoms with E-state index in [0.717, 1.165) is 12.8 Å². The van der Waals surface area contributed by atoms with Crippen LogP contribution in [0.4, 0.5) is 5.69 Å². The Morgan fingerprint density at radius 2 is 2.24 bits per heavy atom. The monoisotopic (exact) mass is 311 g/mol. The van der Waals surface area contributed by atoms with Gasteiger partial charge in [0.1, 0.15) is 0 Å². The summed E-state index contributed by atoms with van der Waals surface area (Å²) >= 11 is 6.05. The van der Waals surface area contributed by atoms with E-state index in [0.29, 0.717) is 17.0 Å². The van der Waals surface area contributed by atoms with Crippen LogP contribution in [0.3, 0.4) is 0 Å². The van der Waals surface area contributed by atoms with Crippen LogP contribution < -0.4 is 5.73 Å². The molecule has 0 saturated heterocycles. The largest absolute Gasteiger partial charge is 0.341 e. The lowest BCUT2D eigenvalue weighted by atomic mass is 10.1. The zero-order chi connectivity index (χ0) is 15.6. The number of nitro groups is 1. The van der Waals surface area contributed by atoms with E-state index in [2.05, 4.69) is 0 Å². The second kappa shape index (κ2) is 6.41. The third kappa shape index (κ3) is 3.71. The maximum atomic E-state index is 12.3. The van der Waals surface area contributed by atoms with Crippen molar-refractivity contribution < 1.29 is 9.72 Å². The van der Waals surface area contributed by atoms with Gasteiger partial charge in [-0.15, -0.1) is 0 Å². The lowest BCUT2D eigenvalue weighted by molar-refractivity contribution is -0.384. The van der Waals surface area contributed by atoms with Crippen LogP contribution in [0.15, 0.2) is 18.2 Å². The molecular formula is C14H18ClN3O3. The minimum atomic E-state index is -0.475. The molecule has 1 aromatic rings. The number of hydrogen-bond acceptors (Lipinski definition) is 4. The van der Waals surface area contributed by atoms with E-state index < -0.39 is 4.92 Å². The Labute approximate surface area is 128 Å². The molecule has 114 valence electrons. The van der Waals surface area contributed by atoms with E-state index in [-0.39, 0.29) is 30.1 Å². The summed E-state index contributed by atoms with van der Waals surface area (Å²) in [7, 11) is 1.68. The molecule has 0 bridgehead atoms. The average molecular weight is 312 g/mol. The van der Waals surface area contributed by atoms with E-state index in [1.54, 1.807) is 11.9 Å². The first kappa shape index (κ1) is 15.7. The number of nitrogens with zero attached hydrogens (tertiary/aromatic N) is 2. The van der Waals surface area contributed by atoms with Crippen LogP contribution in [0.1, 0.15) is 24.8 Å². The van der Waals surface area contributed by atoms with E-state index >= 15 is 0 Å². The predicted octanol–water partition coefficient (Wildman–Crippen LogP) is 2.33. The first-order valence-electron chi connectivity index (χ1n) is 6.82. The normalized spacial score (nSPS) is 21.3. The third-order valence-electron chi connectivity index (χ3n) is 3.85. The number of carbonyl (C=O) groups excluding carboxylic acids is 1. The molecule has 1 amide bonds. The average Bonchev–Trinajstić information content (AvgIpc) is 2.86.